The van der Waals surface area contributed by atoms with Gasteiger partial charge in [0.15, 0.2) is 0 Å². The minimum Gasteiger partial charge on any atom is -0.313 e. The van der Waals surface area contributed by atoms with Crippen LogP contribution >= 0.6 is 0 Å². The molecule has 1 nitrogen and oxygen atoms in total. The molecule has 0 bridgehead atoms. The van der Waals surface area contributed by atoms with Gasteiger partial charge < -0.3 is 5.32 Å². The van der Waals surface area contributed by atoms with Gasteiger partial charge in [0, 0.05) is 12.5 Å². The fourth-order valence-corrected chi connectivity index (χ4v) is 2.70. The third-order valence-electron chi connectivity index (χ3n) is 3.67. The fourth-order valence-electron chi connectivity index (χ4n) is 2.70. The molecule has 0 aromatic carbocycles. The molecule has 1 aliphatic rings. The Hall–Kier alpha value is -0.480. The lowest BCUT2D eigenvalue weighted by Gasteiger charge is -2.24. The smallest absolute Gasteiger partial charge is 0.0243 e. The van der Waals surface area contributed by atoms with Crippen molar-refractivity contribution in [2.45, 2.75) is 71.3 Å². The molecule has 16 heavy (non-hydrogen) atoms. The Morgan fingerprint density at radius 1 is 1.25 bits per heavy atom. The molecular weight excluding hydrogens is 194 g/mol. The molecule has 0 radical (unpaired) electrons. The van der Waals surface area contributed by atoms with Crippen molar-refractivity contribution < 1.29 is 0 Å². The molecule has 0 heterocycles. The first kappa shape index (κ1) is 13.6. The highest BCUT2D eigenvalue weighted by atomic mass is 14.9. The van der Waals surface area contributed by atoms with E-state index in [1.54, 1.807) is 0 Å². The third-order valence-corrected chi connectivity index (χ3v) is 3.67. The van der Waals surface area contributed by atoms with E-state index in [4.69, 9.17) is 0 Å². The van der Waals surface area contributed by atoms with Crippen LogP contribution < -0.4 is 5.32 Å². The Bertz CT molecular complexity index is 217. The lowest BCUT2D eigenvalue weighted by molar-refractivity contribution is 0.314. The summed E-state index contributed by atoms with van der Waals surface area (Å²) in [7, 11) is 0. The zero-order valence-corrected chi connectivity index (χ0v) is 11.0. The SMILES string of the molecule is CC#CCC(CCC1CCCCC1)NCC. The predicted octanol–water partition coefficient (Wildman–Crippen LogP) is 3.74. The minimum absolute atomic E-state index is 0.624. The van der Waals surface area contributed by atoms with Crippen LogP contribution in [0.4, 0.5) is 0 Å². The van der Waals surface area contributed by atoms with Crippen molar-refractivity contribution >= 4 is 0 Å². The number of nitrogens with one attached hydrogen (secondary N) is 1. The van der Waals surface area contributed by atoms with E-state index < -0.39 is 0 Å². The Morgan fingerprint density at radius 2 is 2.00 bits per heavy atom. The zero-order valence-electron chi connectivity index (χ0n) is 11.0. The van der Waals surface area contributed by atoms with Gasteiger partial charge in [0.1, 0.15) is 0 Å². The Balaban J connectivity index is 2.20. The lowest BCUT2D eigenvalue weighted by Crippen LogP contribution is -2.29. The summed E-state index contributed by atoms with van der Waals surface area (Å²) < 4.78 is 0. The summed E-state index contributed by atoms with van der Waals surface area (Å²) in [5, 5.41) is 3.55. The fraction of sp³-hybridized carbons (Fsp3) is 0.867. The van der Waals surface area contributed by atoms with Crippen LogP contribution in [0.3, 0.4) is 0 Å². The molecule has 92 valence electrons. The summed E-state index contributed by atoms with van der Waals surface area (Å²) in [5.74, 6) is 7.22. The standard InChI is InChI=1S/C15H27N/c1-3-5-11-15(16-4-2)13-12-14-9-7-6-8-10-14/h14-16H,4,6-13H2,1-2H3. The highest BCUT2D eigenvalue weighted by molar-refractivity contribution is 4.98. The predicted molar refractivity (Wildman–Crippen MR) is 71.3 cm³/mol. The topological polar surface area (TPSA) is 12.0 Å². The molecule has 1 aliphatic carbocycles. The van der Waals surface area contributed by atoms with E-state index in [9.17, 15) is 0 Å². The van der Waals surface area contributed by atoms with Crippen LogP contribution in [-0.4, -0.2) is 12.6 Å². The summed E-state index contributed by atoms with van der Waals surface area (Å²) in [5.41, 5.74) is 0. The van der Waals surface area contributed by atoms with Crippen molar-refractivity contribution in [1.82, 2.24) is 5.32 Å². The van der Waals surface area contributed by atoms with Crippen molar-refractivity contribution in [3.8, 4) is 11.8 Å². The van der Waals surface area contributed by atoms with Crippen molar-refractivity contribution in [2.75, 3.05) is 6.54 Å². The van der Waals surface area contributed by atoms with Gasteiger partial charge in [0.05, 0.1) is 0 Å². The summed E-state index contributed by atoms with van der Waals surface area (Å²) in [6.45, 7) is 5.19. The summed E-state index contributed by atoms with van der Waals surface area (Å²) >= 11 is 0. The van der Waals surface area contributed by atoms with E-state index in [-0.39, 0.29) is 0 Å². The minimum atomic E-state index is 0.624. The van der Waals surface area contributed by atoms with E-state index in [2.05, 4.69) is 24.1 Å². The molecule has 0 amide bonds. The van der Waals surface area contributed by atoms with Gasteiger partial charge in [-0.2, -0.15) is 0 Å². The Labute approximate surface area is 101 Å². The van der Waals surface area contributed by atoms with Gasteiger partial charge in [-0.25, -0.2) is 0 Å². The average Bonchev–Trinajstić information content (AvgIpc) is 2.34. The van der Waals surface area contributed by atoms with Crippen molar-refractivity contribution in [3.05, 3.63) is 0 Å². The molecule has 0 aromatic rings. The van der Waals surface area contributed by atoms with Gasteiger partial charge in [-0.3, -0.25) is 0 Å². The zero-order chi connectivity index (χ0) is 11.6. The van der Waals surface area contributed by atoms with Crippen LogP contribution in [0.1, 0.15) is 65.2 Å². The second-order valence-electron chi connectivity index (χ2n) is 4.97. The van der Waals surface area contributed by atoms with Crippen LogP contribution in [0.2, 0.25) is 0 Å². The van der Waals surface area contributed by atoms with Gasteiger partial charge in [-0.15, -0.1) is 11.8 Å². The number of hydrogen-bond donors (Lipinski definition) is 1. The molecular formula is C15H27N. The first-order valence-corrected chi connectivity index (χ1v) is 6.99. The van der Waals surface area contributed by atoms with Gasteiger partial charge >= 0.3 is 0 Å². The largest absolute Gasteiger partial charge is 0.313 e. The van der Waals surface area contributed by atoms with Crippen molar-refractivity contribution in [1.29, 1.82) is 0 Å². The van der Waals surface area contributed by atoms with Gasteiger partial charge in [0.25, 0.3) is 0 Å². The molecule has 0 aliphatic heterocycles. The van der Waals surface area contributed by atoms with E-state index in [0.29, 0.717) is 6.04 Å². The van der Waals surface area contributed by atoms with Crippen LogP contribution in [0.15, 0.2) is 0 Å². The van der Waals surface area contributed by atoms with Crippen molar-refractivity contribution in [2.24, 2.45) is 5.92 Å². The molecule has 1 heteroatoms. The molecule has 0 aromatic heterocycles. The normalized spacial score (nSPS) is 18.9. The van der Waals surface area contributed by atoms with E-state index in [0.717, 1.165) is 18.9 Å². The molecule has 0 saturated heterocycles. The van der Waals surface area contributed by atoms with Crippen molar-refractivity contribution in [3.63, 3.8) is 0 Å². The summed E-state index contributed by atoms with van der Waals surface area (Å²) in [6, 6.07) is 0.624. The van der Waals surface area contributed by atoms with E-state index in [1.165, 1.54) is 44.9 Å². The van der Waals surface area contributed by atoms with Crippen LogP contribution in [-0.2, 0) is 0 Å². The molecule has 1 fully saturated rings. The summed E-state index contributed by atoms with van der Waals surface area (Å²) in [4.78, 5) is 0. The number of rotatable bonds is 6. The van der Waals surface area contributed by atoms with Gasteiger partial charge in [0.2, 0.25) is 0 Å². The Morgan fingerprint density at radius 3 is 2.62 bits per heavy atom. The van der Waals surface area contributed by atoms with Crippen LogP contribution in [0.5, 0.6) is 0 Å². The second-order valence-corrected chi connectivity index (χ2v) is 4.97. The van der Waals surface area contributed by atoms with E-state index in [1.807, 2.05) is 6.92 Å². The maximum absolute atomic E-state index is 3.55. The van der Waals surface area contributed by atoms with Crippen LogP contribution in [0, 0.1) is 17.8 Å². The average molecular weight is 221 g/mol. The third kappa shape index (κ3) is 5.56. The highest BCUT2D eigenvalue weighted by Crippen LogP contribution is 2.27. The molecule has 1 saturated carbocycles. The Kier molecular flexibility index (Phi) is 7.34. The quantitative estimate of drug-likeness (QED) is 0.674. The van der Waals surface area contributed by atoms with E-state index >= 15 is 0 Å². The maximum Gasteiger partial charge on any atom is 0.0243 e. The molecule has 1 N–H and O–H groups in total. The molecule has 1 rings (SSSR count). The molecule has 1 unspecified atom stereocenters. The second kappa shape index (κ2) is 8.65. The lowest BCUT2D eigenvalue weighted by atomic mass is 9.85. The monoisotopic (exact) mass is 221 g/mol. The molecule has 1 atom stereocenters. The maximum atomic E-state index is 3.55. The molecule has 0 spiro atoms. The number of hydrogen-bond acceptors (Lipinski definition) is 1. The van der Waals surface area contributed by atoms with Crippen LogP contribution in [0.25, 0.3) is 0 Å². The highest BCUT2D eigenvalue weighted by Gasteiger charge is 2.15. The van der Waals surface area contributed by atoms with Gasteiger partial charge in [-0.05, 0) is 32.2 Å². The van der Waals surface area contributed by atoms with Gasteiger partial charge in [-0.1, -0.05) is 39.0 Å². The summed E-state index contributed by atoms with van der Waals surface area (Å²) in [6.07, 6.45) is 11.1. The first-order valence-electron chi connectivity index (χ1n) is 6.99. The first-order chi connectivity index (χ1) is 7.86.